The number of hydrogen-bond donors (Lipinski definition) is 1. The van der Waals surface area contributed by atoms with Gasteiger partial charge in [-0.1, -0.05) is 42.5 Å². The van der Waals surface area contributed by atoms with Crippen LogP contribution < -0.4 is 5.32 Å². The minimum Gasteiger partial charge on any atom is -0.380 e. The quantitative estimate of drug-likeness (QED) is 0.463. The summed E-state index contributed by atoms with van der Waals surface area (Å²) in [5, 5.41) is 5.10. The highest BCUT2D eigenvalue weighted by Crippen LogP contribution is 2.26. The number of fused-ring (bicyclic) bond motifs is 1. The van der Waals surface area contributed by atoms with E-state index in [-0.39, 0.29) is 5.91 Å². The van der Waals surface area contributed by atoms with E-state index >= 15 is 0 Å². The molecule has 0 fully saturated rings. The fourth-order valence-electron chi connectivity index (χ4n) is 3.39. The van der Waals surface area contributed by atoms with Crippen LogP contribution in [0, 0.1) is 0 Å². The molecule has 0 aliphatic heterocycles. The number of aromatic nitrogens is 1. The number of ether oxygens (including phenoxy) is 1. The molecule has 2 heterocycles. The van der Waals surface area contributed by atoms with Gasteiger partial charge >= 0.3 is 0 Å². The maximum absolute atomic E-state index is 13.0. The number of thiophene rings is 1. The van der Waals surface area contributed by atoms with Crippen molar-refractivity contribution in [3.63, 3.8) is 0 Å². The third kappa shape index (κ3) is 4.01. The molecule has 0 aliphatic carbocycles. The molecule has 1 N–H and O–H groups in total. The molecule has 0 saturated heterocycles. The molecule has 2 aromatic heterocycles. The molecule has 0 aliphatic rings. The van der Waals surface area contributed by atoms with E-state index in [1.54, 1.807) is 18.4 Å². The van der Waals surface area contributed by atoms with Crippen molar-refractivity contribution in [2.75, 3.05) is 12.4 Å². The number of carbonyl (C=O) groups excluding carboxylic acids is 1. The van der Waals surface area contributed by atoms with Gasteiger partial charge in [-0.3, -0.25) is 4.79 Å². The van der Waals surface area contributed by atoms with Crippen LogP contribution in [0.15, 0.2) is 72.1 Å². The lowest BCUT2D eigenvalue weighted by Crippen LogP contribution is -2.18. The Morgan fingerprint density at radius 2 is 1.86 bits per heavy atom. The molecule has 0 atom stereocenters. The molecule has 1 amide bonds. The molecule has 0 saturated carbocycles. The molecule has 0 bridgehead atoms. The number of methoxy groups -OCH3 is 1. The van der Waals surface area contributed by atoms with Gasteiger partial charge in [-0.2, -0.15) is 0 Å². The van der Waals surface area contributed by atoms with Gasteiger partial charge in [-0.05, 0) is 47.2 Å². The van der Waals surface area contributed by atoms with E-state index in [2.05, 4.69) is 33.5 Å². The Hall–Kier alpha value is -2.89. The first-order chi connectivity index (χ1) is 13.7. The lowest BCUT2D eigenvalue weighted by Gasteiger charge is -2.12. The SMILES string of the molecule is COCc1cccc(NC(=O)c2cc3sccc3n2CCc2ccccc2)c1. The fraction of sp³-hybridized carbons (Fsp3) is 0.174. The van der Waals surface area contributed by atoms with E-state index in [0.717, 1.165) is 34.4 Å². The summed E-state index contributed by atoms with van der Waals surface area (Å²) in [5.41, 5.74) is 4.87. The molecule has 0 radical (unpaired) electrons. The Bertz CT molecular complexity index is 1080. The van der Waals surface area contributed by atoms with Gasteiger partial charge in [-0.25, -0.2) is 0 Å². The van der Waals surface area contributed by atoms with E-state index in [4.69, 9.17) is 4.74 Å². The Kier molecular flexibility index (Phi) is 5.55. The average molecular weight is 391 g/mol. The topological polar surface area (TPSA) is 43.3 Å². The van der Waals surface area contributed by atoms with Crippen molar-refractivity contribution < 1.29 is 9.53 Å². The monoisotopic (exact) mass is 390 g/mol. The Morgan fingerprint density at radius 3 is 2.68 bits per heavy atom. The first-order valence-electron chi connectivity index (χ1n) is 9.24. The van der Waals surface area contributed by atoms with Crippen LogP contribution >= 0.6 is 11.3 Å². The van der Waals surface area contributed by atoms with Crippen LogP contribution in [0.4, 0.5) is 5.69 Å². The van der Waals surface area contributed by atoms with Crippen LogP contribution in [-0.2, 0) is 24.3 Å². The summed E-state index contributed by atoms with van der Waals surface area (Å²) in [5.74, 6) is -0.0916. The highest BCUT2D eigenvalue weighted by molar-refractivity contribution is 7.17. The third-order valence-electron chi connectivity index (χ3n) is 4.72. The van der Waals surface area contributed by atoms with Crippen molar-refractivity contribution in [3.8, 4) is 0 Å². The smallest absolute Gasteiger partial charge is 0.272 e. The summed E-state index contributed by atoms with van der Waals surface area (Å²) in [6.45, 7) is 1.28. The molecule has 4 aromatic rings. The van der Waals surface area contributed by atoms with Crippen LogP contribution in [0.25, 0.3) is 10.2 Å². The molecule has 4 nitrogen and oxygen atoms in total. The molecule has 2 aromatic carbocycles. The molecule has 142 valence electrons. The first kappa shape index (κ1) is 18.5. The van der Waals surface area contributed by atoms with Crippen molar-refractivity contribution in [2.24, 2.45) is 0 Å². The summed E-state index contributed by atoms with van der Waals surface area (Å²) in [4.78, 5) is 13.0. The van der Waals surface area contributed by atoms with E-state index in [9.17, 15) is 4.79 Å². The van der Waals surface area contributed by atoms with Gasteiger partial charge < -0.3 is 14.6 Å². The van der Waals surface area contributed by atoms with Gasteiger partial charge in [0.2, 0.25) is 0 Å². The van der Waals surface area contributed by atoms with Gasteiger partial charge in [0.15, 0.2) is 0 Å². The Labute approximate surface area is 168 Å². The minimum absolute atomic E-state index is 0.0916. The summed E-state index contributed by atoms with van der Waals surface area (Å²) in [6, 6.07) is 22.2. The lowest BCUT2D eigenvalue weighted by atomic mass is 10.1. The van der Waals surface area contributed by atoms with Gasteiger partial charge in [0.25, 0.3) is 5.91 Å². The largest absolute Gasteiger partial charge is 0.380 e. The van der Waals surface area contributed by atoms with Crippen molar-refractivity contribution in [3.05, 3.63) is 88.9 Å². The normalized spacial score (nSPS) is 11.0. The number of hydrogen-bond acceptors (Lipinski definition) is 3. The van der Waals surface area contributed by atoms with E-state index in [0.29, 0.717) is 12.3 Å². The number of aryl methyl sites for hydroxylation is 2. The number of nitrogens with one attached hydrogen (secondary N) is 1. The van der Waals surface area contributed by atoms with Gasteiger partial charge in [0.05, 0.1) is 16.8 Å². The second-order valence-electron chi connectivity index (χ2n) is 6.67. The minimum atomic E-state index is -0.0916. The predicted molar refractivity (Wildman–Crippen MR) is 115 cm³/mol. The average Bonchev–Trinajstić information content (AvgIpc) is 3.29. The molecule has 0 unspecified atom stereocenters. The summed E-state index contributed by atoms with van der Waals surface area (Å²) in [6.07, 6.45) is 0.879. The standard InChI is InChI=1S/C23H22N2O2S/c1-27-16-18-8-5-9-19(14-18)24-23(26)21-15-22-20(11-13-28-22)25(21)12-10-17-6-3-2-4-7-17/h2-9,11,13-15H,10,12,16H2,1H3,(H,24,26). The van der Waals surface area contributed by atoms with Crippen molar-refractivity contribution in [1.82, 2.24) is 4.57 Å². The predicted octanol–water partition coefficient (Wildman–Crippen LogP) is 5.34. The number of benzene rings is 2. The summed E-state index contributed by atoms with van der Waals surface area (Å²) in [7, 11) is 1.66. The molecule has 5 heteroatoms. The number of amides is 1. The van der Waals surface area contributed by atoms with Crippen molar-refractivity contribution in [1.29, 1.82) is 0 Å². The number of carbonyl (C=O) groups is 1. The van der Waals surface area contributed by atoms with Crippen LogP contribution in [0.1, 0.15) is 21.6 Å². The van der Waals surface area contributed by atoms with Crippen molar-refractivity contribution >= 4 is 33.1 Å². The van der Waals surface area contributed by atoms with Crippen molar-refractivity contribution in [2.45, 2.75) is 19.6 Å². The zero-order valence-corrected chi connectivity index (χ0v) is 16.5. The molecular formula is C23H22N2O2S. The number of anilines is 1. The third-order valence-corrected chi connectivity index (χ3v) is 5.57. The highest BCUT2D eigenvalue weighted by atomic mass is 32.1. The van der Waals surface area contributed by atoms with E-state index in [1.807, 2.05) is 48.5 Å². The Balaban J connectivity index is 1.58. The lowest BCUT2D eigenvalue weighted by molar-refractivity contribution is 0.101. The highest BCUT2D eigenvalue weighted by Gasteiger charge is 2.17. The fourth-order valence-corrected chi connectivity index (χ4v) is 4.21. The molecule has 28 heavy (non-hydrogen) atoms. The van der Waals surface area contributed by atoms with Gasteiger partial charge in [-0.15, -0.1) is 11.3 Å². The van der Waals surface area contributed by atoms with Crippen LogP contribution in [0.2, 0.25) is 0 Å². The number of rotatable bonds is 7. The molecule has 0 spiro atoms. The van der Waals surface area contributed by atoms with E-state index in [1.165, 1.54) is 5.56 Å². The number of nitrogens with zero attached hydrogens (tertiary/aromatic N) is 1. The van der Waals surface area contributed by atoms with Gasteiger partial charge in [0, 0.05) is 19.3 Å². The Morgan fingerprint density at radius 1 is 1.04 bits per heavy atom. The second-order valence-corrected chi connectivity index (χ2v) is 7.62. The van der Waals surface area contributed by atoms with Crippen LogP contribution in [-0.4, -0.2) is 17.6 Å². The van der Waals surface area contributed by atoms with Crippen LogP contribution in [0.3, 0.4) is 0 Å². The van der Waals surface area contributed by atoms with Crippen LogP contribution in [0.5, 0.6) is 0 Å². The molecule has 4 rings (SSSR count). The zero-order valence-electron chi connectivity index (χ0n) is 15.7. The van der Waals surface area contributed by atoms with E-state index < -0.39 is 0 Å². The maximum Gasteiger partial charge on any atom is 0.272 e. The summed E-state index contributed by atoms with van der Waals surface area (Å²) < 4.78 is 8.43. The second kappa shape index (κ2) is 8.42. The summed E-state index contributed by atoms with van der Waals surface area (Å²) >= 11 is 1.66. The zero-order chi connectivity index (χ0) is 19.3. The molecular weight excluding hydrogens is 368 g/mol. The maximum atomic E-state index is 13.0. The first-order valence-corrected chi connectivity index (χ1v) is 10.1. The van der Waals surface area contributed by atoms with Gasteiger partial charge in [0.1, 0.15) is 5.69 Å².